The maximum absolute atomic E-state index is 11.2. The molecule has 2 heterocycles. The summed E-state index contributed by atoms with van der Waals surface area (Å²) in [5, 5.41) is 12.4. The SMILES string of the molecule is CCCCC[n+]1c(/C=C/C=C/C=C2\Oc3ccccc3N2CC(=O)[O-])sc2ccccc21. The molecule has 2 aromatic carbocycles. The van der Waals surface area contributed by atoms with Crippen LogP contribution in [0.3, 0.4) is 0 Å². The van der Waals surface area contributed by atoms with E-state index in [0.29, 0.717) is 11.6 Å². The first-order valence-corrected chi connectivity index (χ1v) is 11.7. The van der Waals surface area contributed by atoms with Crippen molar-refractivity contribution in [2.45, 2.75) is 32.7 Å². The minimum atomic E-state index is -1.16. The quantitative estimate of drug-likeness (QED) is 0.277. The molecule has 6 heteroatoms. The van der Waals surface area contributed by atoms with Gasteiger partial charge in [-0.25, -0.2) is 0 Å². The van der Waals surface area contributed by atoms with E-state index in [9.17, 15) is 9.90 Å². The van der Waals surface area contributed by atoms with Crippen molar-refractivity contribution < 1.29 is 19.2 Å². The molecule has 1 aromatic heterocycles. The highest BCUT2D eigenvalue weighted by Crippen LogP contribution is 2.38. The molecule has 0 N–H and O–H groups in total. The zero-order chi connectivity index (χ0) is 22.3. The van der Waals surface area contributed by atoms with Gasteiger partial charge >= 0.3 is 0 Å². The average molecular weight is 447 g/mol. The minimum Gasteiger partial charge on any atom is -0.548 e. The molecule has 1 aliphatic heterocycles. The minimum absolute atomic E-state index is 0.258. The summed E-state index contributed by atoms with van der Waals surface area (Å²) in [5.74, 6) is -0.0450. The summed E-state index contributed by atoms with van der Waals surface area (Å²) in [6, 6.07) is 15.9. The first kappa shape index (κ1) is 21.8. The first-order chi connectivity index (χ1) is 15.7. The van der Waals surface area contributed by atoms with Gasteiger partial charge in [0.1, 0.15) is 4.70 Å². The van der Waals surface area contributed by atoms with Gasteiger partial charge in [0.2, 0.25) is 11.4 Å². The molecule has 0 atom stereocenters. The number of nitrogens with zero attached hydrogens (tertiary/aromatic N) is 2. The number of fused-ring (bicyclic) bond motifs is 2. The zero-order valence-corrected chi connectivity index (χ0v) is 18.9. The van der Waals surface area contributed by atoms with Crippen molar-refractivity contribution in [1.29, 1.82) is 0 Å². The van der Waals surface area contributed by atoms with Crippen LogP contribution in [-0.2, 0) is 11.3 Å². The van der Waals surface area contributed by atoms with Gasteiger partial charge in [0.25, 0.3) is 5.01 Å². The van der Waals surface area contributed by atoms with Gasteiger partial charge in [0, 0.05) is 18.6 Å². The number of ether oxygens (including phenoxy) is 1. The normalized spacial score (nSPS) is 14.7. The zero-order valence-electron chi connectivity index (χ0n) is 18.1. The maximum atomic E-state index is 11.2. The van der Waals surface area contributed by atoms with Gasteiger partial charge in [-0.1, -0.05) is 67.2 Å². The molecule has 0 radical (unpaired) electrons. The molecule has 0 bridgehead atoms. The Balaban J connectivity index is 1.51. The van der Waals surface area contributed by atoms with Gasteiger partial charge in [-0.2, -0.15) is 4.57 Å². The molecular weight excluding hydrogens is 420 g/mol. The Labute approximate surface area is 192 Å². The van der Waals surface area contributed by atoms with Crippen LogP contribution >= 0.6 is 11.3 Å². The van der Waals surface area contributed by atoms with Gasteiger partial charge in [-0.05, 0) is 30.7 Å². The number of carbonyl (C=O) groups excluding carboxylic acids is 1. The van der Waals surface area contributed by atoms with Crippen LogP contribution in [-0.4, -0.2) is 12.5 Å². The van der Waals surface area contributed by atoms with Crippen molar-refractivity contribution in [1.82, 2.24) is 0 Å². The predicted octanol–water partition coefficient (Wildman–Crippen LogP) is 4.44. The topological polar surface area (TPSA) is 56.5 Å². The predicted molar refractivity (Wildman–Crippen MR) is 127 cm³/mol. The fourth-order valence-corrected chi connectivity index (χ4v) is 4.84. The van der Waals surface area contributed by atoms with Crippen LogP contribution in [0, 0.1) is 0 Å². The summed E-state index contributed by atoms with van der Waals surface area (Å²) >= 11 is 1.79. The highest BCUT2D eigenvalue weighted by atomic mass is 32.1. The summed E-state index contributed by atoms with van der Waals surface area (Å²) in [4.78, 5) is 12.8. The van der Waals surface area contributed by atoms with E-state index >= 15 is 0 Å². The van der Waals surface area contributed by atoms with Crippen molar-refractivity contribution in [3.05, 3.63) is 83.7 Å². The number of thiazole rings is 1. The van der Waals surface area contributed by atoms with E-state index in [1.807, 2.05) is 42.5 Å². The summed E-state index contributed by atoms with van der Waals surface area (Å²) in [6.07, 6.45) is 13.3. The molecule has 4 rings (SSSR count). The van der Waals surface area contributed by atoms with Crippen molar-refractivity contribution >= 4 is 39.3 Å². The number of para-hydroxylation sites is 3. The molecule has 164 valence electrons. The highest BCUT2D eigenvalue weighted by molar-refractivity contribution is 7.18. The molecule has 0 amide bonds. The van der Waals surface area contributed by atoms with E-state index in [0.717, 1.165) is 18.7 Å². The lowest BCUT2D eigenvalue weighted by molar-refractivity contribution is -0.669. The van der Waals surface area contributed by atoms with E-state index in [-0.39, 0.29) is 6.54 Å². The molecule has 1 aliphatic rings. The molecule has 0 saturated carbocycles. The van der Waals surface area contributed by atoms with Crippen LogP contribution in [0.5, 0.6) is 5.75 Å². The number of rotatable bonds is 9. The molecular formula is C26H26N2O3S. The third-order valence-corrected chi connectivity index (χ3v) is 6.38. The molecule has 0 fully saturated rings. The molecule has 5 nitrogen and oxygen atoms in total. The lowest BCUT2D eigenvalue weighted by Gasteiger charge is -2.18. The Morgan fingerprint density at radius 3 is 2.75 bits per heavy atom. The van der Waals surface area contributed by atoms with Crippen LogP contribution in [0.4, 0.5) is 5.69 Å². The van der Waals surface area contributed by atoms with Crippen LogP contribution < -0.4 is 19.3 Å². The number of allylic oxidation sites excluding steroid dienone is 4. The number of aryl methyl sites for hydroxylation is 1. The second kappa shape index (κ2) is 10.3. The molecule has 0 unspecified atom stereocenters. The lowest BCUT2D eigenvalue weighted by atomic mass is 10.2. The number of hydrogen-bond donors (Lipinski definition) is 0. The van der Waals surface area contributed by atoms with E-state index in [1.165, 1.54) is 28.1 Å². The maximum Gasteiger partial charge on any atom is 0.262 e. The van der Waals surface area contributed by atoms with Crippen LogP contribution in [0.15, 0.2) is 78.7 Å². The van der Waals surface area contributed by atoms with E-state index in [2.05, 4.69) is 41.8 Å². The summed E-state index contributed by atoms with van der Waals surface area (Å²) in [7, 11) is 0. The number of unbranched alkanes of at least 4 members (excludes halogenated alkanes) is 2. The van der Waals surface area contributed by atoms with Crippen LogP contribution in [0.25, 0.3) is 16.3 Å². The number of carboxylic acid groups (broad SMARTS) is 1. The Morgan fingerprint density at radius 1 is 1.09 bits per heavy atom. The molecule has 0 spiro atoms. The number of aliphatic carboxylic acids is 1. The second-order valence-corrected chi connectivity index (χ2v) is 8.61. The van der Waals surface area contributed by atoms with E-state index < -0.39 is 5.97 Å². The number of anilines is 1. The third kappa shape index (κ3) is 4.92. The van der Waals surface area contributed by atoms with Crippen molar-refractivity contribution in [2.75, 3.05) is 11.4 Å². The second-order valence-electron chi connectivity index (χ2n) is 7.54. The van der Waals surface area contributed by atoms with Gasteiger partial charge < -0.3 is 19.5 Å². The summed E-state index contributed by atoms with van der Waals surface area (Å²) in [6.45, 7) is 2.97. The summed E-state index contributed by atoms with van der Waals surface area (Å²) < 4.78 is 9.49. The standard InChI is InChI=1S/C26H26N2O3S/c1-2-3-11-18-27-21-13-8-10-15-23(21)32-25(27)17-6-4-5-16-24-28(19-26(29)30)20-12-7-9-14-22(20)31-24/h4-10,12-17H,2-3,11,18-19H2,1H3. The Hall–Kier alpha value is -3.38. The van der Waals surface area contributed by atoms with Crippen LogP contribution in [0.2, 0.25) is 0 Å². The highest BCUT2D eigenvalue weighted by Gasteiger charge is 2.25. The molecule has 0 saturated heterocycles. The number of benzene rings is 2. The summed E-state index contributed by atoms with van der Waals surface area (Å²) in [5.41, 5.74) is 2.00. The van der Waals surface area contributed by atoms with E-state index in [4.69, 9.17) is 4.74 Å². The number of aromatic nitrogens is 1. The van der Waals surface area contributed by atoms with Gasteiger partial charge in [-0.15, -0.1) is 0 Å². The van der Waals surface area contributed by atoms with Gasteiger partial charge in [0.05, 0.1) is 18.2 Å². The monoisotopic (exact) mass is 446 g/mol. The number of carbonyl (C=O) groups is 1. The Morgan fingerprint density at radius 2 is 1.91 bits per heavy atom. The third-order valence-electron chi connectivity index (χ3n) is 5.25. The Bertz CT molecular complexity index is 1190. The number of carboxylic acids is 1. The van der Waals surface area contributed by atoms with Crippen molar-refractivity contribution in [2.24, 2.45) is 0 Å². The average Bonchev–Trinajstić information content (AvgIpc) is 3.31. The largest absolute Gasteiger partial charge is 0.548 e. The van der Waals surface area contributed by atoms with Crippen molar-refractivity contribution in [3.8, 4) is 5.75 Å². The first-order valence-electron chi connectivity index (χ1n) is 10.9. The molecule has 0 aliphatic carbocycles. The van der Waals surface area contributed by atoms with Gasteiger partial charge in [0.15, 0.2) is 12.3 Å². The molecule has 32 heavy (non-hydrogen) atoms. The van der Waals surface area contributed by atoms with Crippen LogP contribution in [0.1, 0.15) is 31.2 Å². The van der Waals surface area contributed by atoms with Gasteiger partial charge in [-0.3, -0.25) is 0 Å². The number of hydrogen-bond acceptors (Lipinski definition) is 5. The smallest absolute Gasteiger partial charge is 0.262 e. The van der Waals surface area contributed by atoms with Crippen molar-refractivity contribution in [3.63, 3.8) is 0 Å². The lowest BCUT2D eigenvalue weighted by Crippen LogP contribution is -2.36. The van der Waals surface area contributed by atoms with E-state index in [1.54, 1.807) is 22.3 Å². The fourth-order valence-electron chi connectivity index (χ4n) is 3.74. The molecule has 3 aromatic rings. The Kier molecular flexibility index (Phi) is 7.02. The fraction of sp³-hybridized carbons (Fsp3) is 0.231.